The van der Waals surface area contributed by atoms with E-state index >= 15 is 0 Å². The van der Waals surface area contributed by atoms with E-state index in [2.05, 4.69) is 10.1 Å². The molecule has 21 heavy (non-hydrogen) atoms. The van der Waals surface area contributed by atoms with Crippen molar-refractivity contribution in [1.82, 2.24) is 14.8 Å². The van der Waals surface area contributed by atoms with Gasteiger partial charge in [-0.15, -0.1) is 0 Å². The number of halogens is 1. The van der Waals surface area contributed by atoms with E-state index in [9.17, 15) is 4.39 Å². The van der Waals surface area contributed by atoms with Crippen molar-refractivity contribution in [2.45, 2.75) is 6.92 Å². The highest BCUT2D eigenvalue weighted by molar-refractivity contribution is 5.64. The maximum Gasteiger partial charge on any atom is 0.165 e. The monoisotopic (exact) mass is 283 g/mol. The van der Waals surface area contributed by atoms with Crippen molar-refractivity contribution in [3.8, 4) is 22.7 Å². The number of nitrogens with zero attached hydrogens (tertiary/aromatic N) is 3. The summed E-state index contributed by atoms with van der Waals surface area (Å²) in [6.07, 6.45) is 3.42. The Kier molecular flexibility index (Phi) is 3.39. The van der Waals surface area contributed by atoms with Crippen molar-refractivity contribution in [1.29, 1.82) is 0 Å². The summed E-state index contributed by atoms with van der Waals surface area (Å²) in [4.78, 5) is 4.01. The molecule has 0 radical (unpaired) electrons. The van der Waals surface area contributed by atoms with E-state index < -0.39 is 0 Å². The predicted molar refractivity (Wildman–Crippen MR) is 78.0 cm³/mol. The first-order chi connectivity index (χ1) is 10.2. The van der Waals surface area contributed by atoms with Crippen LogP contribution in [0.2, 0.25) is 0 Å². The third-order valence-corrected chi connectivity index (χ3v) is 3.19. The molecule has 3 aromatic rings. The van der Waals surface area contributed by atoms with Gasteiger partial charge < -0.3 is 4.74 Å². The Morgan fingerprint density at radius 3 is 2.57 bits per heavy atom. The highest BCUT2D eigenvalue weighted by Crippen LogP contribution is 2.28. The first-order valence-corrected chi connectivity index (χ1v) is 6.50. The van der Waals surface area contributed by atoms with Crippen molar-refractivity contribution in [3.63, 3.8) is 0 Å². The molecule has 0 N–H and O–H groups in total. The molecule has 2 aromatic heterocycles. The zero-order valence-electron chi connectivity index (χ0n) is 11.7. The summed E-state index contributed by atoms with van der Waals surface area (Å²) >= 11 is 0. The number of pyridine rings is 1. The smallest absolute Gasteiger partial charge is 0.165 e. The number of aromatic nitrogens is 3. The lowest BCUT2D eigenvalue weighted by Crippen LogP contribution is -1.99. The Bertz CT molecular complexity index is 768. The van der Waals surface area contributed by atoms with Gasteiger partial charge in [-0.1, -0.05) is 0 Å². The summed E-state index contributed by atoms with van der Waals surface area (Å²) in [7, 11) is 1.45. The second kappa shape index (κ2) is 5.36. The SMILES string of the molecule is COc1cc(-c2cc(C)nn2-c2ccncc2)ccc1F. The van der Waals surface area contributed by atoms with E-state index in [1.54, 1.807) is 24.5 Å². The van der Waals surface area contributed by atoms with Crippen molar-refractivity contribution >= 4 is 0 Å². The summed E-state index contributed by atoms with van der Waals surface area (Å²) < 4.78 is 20.4. The molecule has 106 valence electrons. The second-order valence-electron chi connectivity index (χ2n) is 4.64. The second-order valence-corrected chi connectivity index (χ2v) is 4.64. The van der Waals surface area contributed by atoms with Crippen LogP contribution in [-0.2, 0) is 0 Å². The molecule has 0 aliphatic carbocycles. The number of aryl methyl sites for hydroxylation is 1. The van der Waals surface area contributed by atoms with Gasteiger partial charge in [-0.25, -0.2) is 9.07 Å². The molecule has 0 amide bonds. The fourth-order valence-corrected chi connectivity index (χ4v) is 2.21. The van der Waals surface area contributed by atoms with Crippen molar-refractivity contribution in [2.75, 3.05) is 7.11 Å². The average Bonchev–Trinajstić information content (AvgIpc) is 2.90. The van der Waals surface area contributed by atoms with Crippen LogP contribution in [0.4, 0.5) is 4.39 Å². The van der Waals surface area contributed by atoms with Crippen LogP contribution in [0.5, 0.6) is 5.75 Å². The molecule has 0 atom stereocenters. The lowest BCUT2D eigenvalue weighted by atomic mass is 10.1. The van der Waals surface area contributed by atoms with Crippen LogP contribution in [-0.4, -0.2) is 21.9 Å². The molecule has 2 heterocycles. The maximum atomic E-state index is 13.6. The minimum absolute atomic E-state index is 0.215. The van der Waals surface area contributed by atoms with Gasteiger partial charge in [-0.2, -0.15) is 5.10 Å². The number of benzene rings is 1. The molecular weight excluding hydrogens is 269 g/mol. The first kappa shape index (κ1) is 13.3. The zero-order valence-corrected chi connectivity index (χ0v) is 11.7. The van der Waals surface area contributed by atoms with Crippen molar-refractivity contribution in [2.24, 2.45) is 0 Å². The van der Waals surface area contributed by atoms with Gasteiger partial charge in [0.1, 0.15) is 0 Å². The highest BCUT2D eigenvalue weighted by atomic mass is 19.1. The molecule has 1 aromatic carbocycles. The molecule has 4 nitrogen and oxygen atoms in total. The summed E-state index contributed by atoms with van der Waals surface area (Å²) in [5.74, 6) is -0.166. The number of ether oxygens (including phenoxy) is 1. The van der Waals surface area contributed by atoms with Crippen molar-refractivity contribution in [3.05, 3.63) is 60.3 Å². The van der Waals surface area contributed by atoms with Crippen LogP contribution in [0.25, 0.3) is 16.9 Å². The third-order valence-electron chi connectivity index (χ3n) is 3.19. The normalized spacial score (nSPS) is 10.6. The molecular formula is C16H14FN3O. The number of rotatable bonds is 3. The van der Waals surface area contributed by atoms with Gasteiger partial charge in [0, 0.05) is 18.0 Å². The van der Waals surface area contributed by atoms with Gasteiger partial charge in [-0.05, 0) is 43.3 Å². The van der Waals surface area contributed by atoms with Gasteiger partial charge in [0.15, 0.2) is 11.6 Å². The fourth-order valence-electron chi connectivity index (χ4n) is 2.21. The largest absolute Gasteiger partial charge is 0.494 e. The van der Waals surface area contributed by atoms with Crippen molar-refractivity contribution < 1.29 is 9.13 Å². The van der Waals surface area contributed by atoms with E-state index in [0.29, 0.717) is 0 Å². The van der Waals surface area contributed by atoms with Crippen LogP contribution in [0, 0.1) is 12.7 Å². The van der Waals surface area contributed by atoms with E-state index in [0.717, 1.165) is 22.6 Å². The van der Waals surface area contributed by atoms with Crippen LogP contribution in [0.1, 0.15) is 5.69 Å². The predicted octanol–water partition coefficient (Wildman–Crippen LogP) is 3.39. The number of hydrogen-bond acceptors (Lipinski definition) is 3. The molecule has 0 aliphatic heterocycles. The van der Waals surface area contributed by atoms with Gasteiger partial charge >= 0.3 is 0 Å². The van der Waals surface area contributed by atoms with Gasteiger partial charge in [0.25, 0.3) is 0 Å². The Labute approximate surface area is 121 Å². The summed E-state index contributed by atoms with van der Waals surface area (Å²) in [6, 6.07) is 10.5. The summed E-state index contributed by atoms with van der Waals surface area (Å²) in [5, 5.41) is 4.49. The quantitative estimate of drug-likeness (QED) is 0.739. The van der Waals surface area contributed by atoms with Gasteiger partial charge in [0.2, 0.25) is 0 Å². The highest BCUT2D eigenvalue weighted by Gasteiger charge is 2.12. The number of methoxy groups -OCH3 is 1. The summed E-state index contributed by atoms with van der Waals surface area (Å²) in [5.41, 5.74) is 3.49. The fraction of sp³-hybridized carbons (Fsp3) is 0.125. The van der Waals surface area contributed by atoms with Crippen LogP contribution >= 0.6 is 0 Å². The van der Waals surface area contributed by atoms with Crippen LogP contribution in [0.3, 0.4) is 0 Å². The Balaban J connectivity index is 2.15. The van der Waals surface area contributed by atoms with Gasteiger partial charge in [-0.3, -0.25) is 4.98 Å². The molecule has 0 saturated carbocycles. The summed E-state index contributed by atoms with van der Waals surface area (Å²) in [6.45, 7) is 1.92. The first-order valence-electron chi connectivity index (χ1n) is 6.50. The van der Waals surface area contributed by atoms with E-state index in [-0.39, 0.29) is 11.6 Å². The molecule has 0 fully saturated rings. The third kappa shape index (κ3) is 2.50. The van der Waals surface area contributed by atoms with Crippen LogP contribution in [0.15, 0.2) is 48.8 Å². The molecule has 0 aliphatic rings. The molecule has 0 spiro atoms. The minimum Gasteiger partial charge on any atom is -0.494 e. The molecule has 5 heteroatoms. The Morgan fingerprint density at radius 1 is 1.10 bits per heavy atom. The lowest BCUT2D eigenvalue weighted by molar-refractivity contribution is 0.387. The Morgan fingerprint density at radius 2 is 1.86 bits per heavy atom. The van der Waals surface area contributed by atoms with Gasteiger partial charge in [0.05, 0.1) is 24.2 Å². The molecule has 3 rings (SSSR count). The minimum atomic E-state index is -0.382. The zero-order chi connectivity index (χ0) is 14.8. The molecule has 0 unspecified atom stereocenters. The van der Waals surface area contributed by atoms with Crippen LogP contribution < -0.4 is 4.74 Å². The topological polar surface area (TPSA) is 39.9 Å². The standard InChI is InChI=1S/C16H14FN3O/c1-11-9-15(12-3-4-14(17)16(10-12)21-2)20(19-11)13-5-7-18-8-6-13/h3-10H,1-2H3. The lowest BCUT2D eigenvalue weighted by Gasteiger charge is -2.09. The van der Waals surface area contributed by atoms with E-state index in [4.69, 9.17) is 4.74 Å². The van der Waals surface area contributed by atoms with E-state index in [1.165, 1.54) is 13.2 Å². The molecule has 0 bridgehead atoms. The molecule has 0 saturated heterocycles. The van der Waals surface area contributed by atoms with E-state index in [1.807, 2.05) is 29.8 Å². The average molecular weight is 283 g/mol. The Hall–Kier alpha value is -2.69. The maximum absolute atomic E-state index is 13.6. The number of hydrogen-bond donors (Lipinski definition) is 0.